The number of alkyl halides is 3. The standard InChI is InChI=1S/C12H10Cl2F3N3O/c1-5-4-8(13)7(3)20(21)11(5)19-10(12(15,16)17)9(14)6(2)18-19/h4H,1-3H3. The number of nitrogens with zero attached hydrogens (tertiary/aromatic N) is 3. The van der Waals surface area contributed by atoms with Crippen LogP contribution in [0.15, 0.2) is 6.07 Å². The fourth-order valence-corrected chi connectivity index (χ4v) is 2.40. The number of hydrogen-bond donors (Lipinski definition) is 0. The van der Waals surface area contributed by atoms with Crippen LogP contribution in [0.3, 0.4) is 0 Å². The van der Waals surface area contributed by atoms with Crippen molar-refractivity contribution in [3.8, 4) is 5.82 Å². The third-order valence-corrected chi connectivity index (χ3v) is 3.83. The summed E-state index contributed by atoms with van der Waals surface area (Å²) in [5, 5.41) is 15.5. The molecule has 2 aromatic rings. The highest BCUT2D eigenvalue weighted by Gasteiger charge is 2.45. The van der Waals surface area contributed by atoms with Gasteiger partial charge in [0.15, 0.2) is 0 Å². The maximum absolute atomic E-state index is 13.2. The SMILES string of the molecule is Cc1cc(Cl)c(C)[n+]([O-])c1-n1nc(C)c(Cl)c1C(F)(F)F. The lowest BCUT2D eigenvalue weighted by Crippen LogP contribution is -2.38. The lowest BCUT2D eigenvalue weighted by Gasteiger charge is -2.15. The minimum atomic E-state index is -4.74. The normalized spacial score (nSPS) is 12.0. The van der Waals surface area contributed by atoms with Crippen molar-refractivity contribution in [2.45, 2.75) is 26.9 Å². The quantitative estimate of drug-likeness (QED) is 0.586. The number of hydrogen-bond acceptors (Lipinski definition) is 2. The molecule has 0 amide bonds. The van der Waals surface area contributed by atoms with Gasteiger partial charge in [-0.3, -0.25) is 0 Å². The Hall–Kier alpha value is -1.47. The van der Waals surface area contributed by atoms with Crippen LogP contribution in [0.25, 0.3) is 5.82 Å². The second kappa shape index (κ2) is 5.06. The second-order valence-electron chi connectivity index (χ2n) is 4.54. The lowest BCUT2D eigenvalue weighted by atomic mass is 10.2. The number of rotatable bonds is 1. The van der Waals surface area contributed by atoms with Gasteiger partial charge in [0, 0.05) is 5.56 Å². The number of aromatic nitrogens is 3. The maximum atomic E-state index is 13.2. The first-order valence-electron chi connectivity index (χ1n) is 5.77. The summed E-state index contributed by atoms with van der Waals surface area (Å²) in [6, 6.07) is 1.41. The molecule has 0 fully saturated rings. The van der Waals surface area contributed by atoms with E-state index >= 15 is 0 Å². The molecule has 0 radical (unpaired) electrons. The van der Waals surface area contributed by atoms with E-state index in [1.807, 2.05) is 0 Å². The van der Waals surface area contributed by atoms with Gasteiger partial charge in [0.1, 0.15) is 16.4 Å². The molecule has 4 nitrogen and oxygen atoms in total. The number of aryl methyl sites for hydroxylation is 2. The number of halogens is 5. The Bertz CT molecular complexity index is 726. The van der Waals surface area contributed by atoms with Gasteiger partial charge in [-0.15, -0.1) is 0 Å². The second-order valence-corrected chi connectivity index (χ2v) is 5.32. The molecule has 0 atom stereocenters. The van der Waals surface area contributed by atoms with Crippen molar-refractivity contribution >= 4 is 23.2 Å². The Kier molecular flexibility index (Phi) is 3.84. The van der Waals surface area contributed by atoms with Gasteiger partial charge in [0.25, 0.3) is 5.69 Å². The van der Waals surface area contributed by atoms with Crippen molar-refractivity contribution in [1.29, 1.82) is 0 Å². The Morgan fingerprint density at radius 2 is 1.81 bits per heavy atom. The lowest BCUT2D eigenvalue weighted by molar-refractivity contribution is -0.607. The molecule has 0 bridgehead atoms. The molecule has 0 aliphatic rings. The minimum absolute atomic E-state index is 0.0176. The van der Waals surface area contributed by atoms with E-state index in [-0.39, 0.29) is 27.8 Å². The van der Waals surface area contributed by atoms with Crippen molar-refractivity contribution in [3.63, 3.8) is 0 Å². The van der Waals surface area contributed by atoms with E-state index in [2.05, 4.69) is 5.10 Å². The zero-order chi connectivity index (χ0) is 16.1. The molecule has 0 saturated carbocycles. The molecule has 0 N–H and O–H groups in total. The summed E-state index contributed by atoms with van der Waals surface area (Å²) in [6.07, 6.45) is -4.74. The first-order valence-corrected chi connectivity index (χ1v) is 6.53. The fourth-order valence-electron chi connectivity index (χ4n) is 1.93. The van der Waals surface area contributed by atoms with E-state index in [0.717, 1.165) is 0 Å². The molecule has 9 heteroatoms. The first kappa shape index (κ1) is 15.9. The van der Waals surface area contributed by atoms with E-state index in [4.69, 9.17) is 23.2 Å². The van der Waals surface area contributed by atoms with Gasteiger partial charge >= 0.3 is 12.0 Å². The summed E-state index contributed by atoms with van der Waals surface area (Å²) < 4.78 is 40.3. The van der Waals surface area contributed by atoms with Gasteiger partial charge in [-0.05, 0) is 26.8 Å². The molecule has 0 aliphatic carbocycles. The van der Waals surface area contributed by atoms with Gasteiger partial charge in [-0.2, -0.15) is 13.2 Å². The van der Waals surface area contributed by atoms with Crippen LogP contribution < -0.4 is 4.73 Å². The molecule has 2 heterocycles. The molecular formula is C12H10Cl2F3N3O. The van der Waals surface area contributed by atoms with Crippen LogP contribution in [0.2, 0.25) is 10.0 Å². The highest BCUT2D eigenvalue weighted by atomic mass is 35.5. The van der Waals surface area contributed by atoms with Gasteiger partial charge in [0.2, 0.25) is 0 Å². The summed E-state index contributed by atoms with van der Waals surface area (Å²) in [5.74, 6) is -0.278. The fraction of sp³-hybridized carbons (Fsp3) is 0.333. The van der Waals surface area contributed by atoms with Crippen molar-refractivity contribution in [2.24, 2.45) is 0 Å². The summed E-state index contributed by atoms with van der Waals surface area (Å²) in [4.78, 5) is 0. The molecular weight excluding hydrogens is 330 g/mol. The highest BCUT2D eigenvalue weighted by molar-refractivity contribution is 6.32. The van der Waals surface area contributed by atoms with Crippen LogP contribution in [0.5, 0.6) is 0 Å². The third-order valence-electron chi connectivity index (χ3n) is 3.00. The molecule has 0 aromatic carbocycles. The predicted octanol–water partition coefficient (Wildman–Crippen LogP) is 3.76. The third kappa shape index (κ3) is 2.55. The van der Waals surface area contributed by atoms with E-state index in [1.54, 1.807) is 0 Å². The van der Waals surface area contributed by atoms with Gasteiger partial charge in [-0.25, -0.2) is 4.73 Å². The average molecular weight is 340 g/mol. The zero-order valence-corrected chi connectivity index (χ0v) is 12.7. The van der Waals surface area contributed by atoms with E-state index in [1.165, 1.54) is 26.8 Å². The van der Waals surface area contributed by atoms with Crippen molar-refractivity contribution in [2.75, 3.05) is 0 Å². The molecule has 2 rings (SSSR count). The van der Waals surface area contributed by atoms with Gasteiger partial charge in [-0.1, -0.05) is 33.0 Å². The maximum Gasteiger partial charge on any atom is 0.457 e. The van der Waals surface area contributed by atoms with Gasteiger partial charge in [0.05, 0.1) is 5.02 Å². The zero-order valence-electron chi connectivity index (χ0n) is 11.2. The van der Waals surface area contributed by atoms with Crippen LogP contribution in [0.1, 0.15) is 22.6 Å². The minimum Gasteiger partial charge on any atom is -0.710 e. The monoisotopic (exact) mass is 339 g/mol. The van der Waals surface area contributed by atoms with Gasteiger partial charge < -0.3 is 5.21 Å². The Balaban J connectivity index is 2.87. The van der Waals surface area contributed by atoms with Crippen molar-refractivity contribution in [1.82, 2.24) is 9.78 Å². The molecule has 21 heavy (non-hydrogen) atoms. The van der Waals surface area contributed by atoms with E-state index < -0.39 is 16.9 Å². The van der Waals surface area contributed by atoms with Crippen LogP contribution in [-0.2, 0) is 6.18 Å². The van der Waals surface area contributed by atoms with Crippen LogP contribution in [0, 0.1) is 26.0 Å². The molecule has 0 aliphatic heterocycles. The van der Waals surface area contributed by atoms with E-state index in [0.29, 0.717) is 9.41 Å². The smallest absolute Gasteiger partial charge is 0.457 e. The first-order chi connectivity index (χ1) is 9.55. The van der Waals surface area contributed by atoms with Crippen molar-refractivity contribution < 1.29 is 17.9 Å². The summed E-state index contributed by atoms with van der Waals surface area (Å²) in [7, 11) is 0. The summed E-state index contributed by atoms with van der Waals surface area (Å²) in [6.45, 7) is 4.21. The van der Waals surface area contributed by atoms with Crippen LogP contribution >= 0.6 is 23.2 Å². The molecule has 0 unspecified atom stereocenters. The Morgan fingerprint density at radius 3 is 2.33 bits per heavy atom. The highest BCUT2D eigenvalue weighted by Crippen LogP contribution is 2.37. The average Bonchev–Trinajstić information content (AvgIpc) is 2.62. The van der Waals surface area contributed by atoms with Crippen LogP contribution in [-0.4, -0.2) is 9.78 Å². The molecule has 2 aromatic heterocycles. The predicted molar refractivity (Wildman–Crippen MR) is 71.8 cm³/mol. The Morgan fingerprint density at radius 1 is 1.24 bits per heavy atom. The molecule has 0 saturated heterocycles. The largest absolute Gasteiger partial charge is 0.710 e. The van der Waals surface area contributed by atoms with Crippen LogP contribution in [0.4, 0.5) is 13.2 Å². The van der Waals surface area contributed by atoms with Crippen molar-refractivity contribution in [3.05, 3.63) is 44.0 Å². The molecule has 114 valence electrons. The van der Waals surface area contributed by atoms with E-state index in [9.17, 15) is 18.4 Å². The Labute approximate surface area is 128 Å². The topological polar surface area (TPSA) is 44.8 Å². The number of pyridine rings is 1. The summed E-state index contributed by atoms with van der Waals surface area (Å²) >= 11 is 11.5. The summed E-state index contributed by atoms with van der Waals surface area (Å²) in [5.41, 5.74) is -0.869. The molecule has 0 spiro atoms.